The van der Waals surface area contributed by atoms with Crippen molar-refractivity contribution < 1.29 is 19.4 Å². The van der Waals surface area contributed by atoms with E-state index in [1.54, 1.807) is 0 Å². The Balaban J connectivity index is 1.87. The van der Waals surface area contributed by atoms with Crippen LogP contribution in [0.15, 0.2) is 48.5 Å². The summed E-state index contributed by atoms with van der Waals surface area (Å²) in [5, 5.41) is 10.3. The van der Waals surface area contributed by atoms with E-state index < -0.39 is 17.6 Å². The predicted octanol–water partition coefficient (Wildman–Crippen LogP) is 6.17. The Kier molecular flexibility index (Phi) is 7.27. The molecule has 5 nitrogen and oxygen atoms in total. The number of benzene rings is 2. The molecule has 2 aromatic carbocycles. The maximum absolute atomic E-state index is 13.3. The Morgan fingerprint density at radius 1 is 0.938 bits per heavy atom. The van der Waals surface area contributed by atoms with Crippen LogP contribution in [0, 0.1) is 11.8 Å². The van der Waals surface area contributed by atoms with Crippen molar-refractivity contribution in [2.45, 2.75) is 58.9 Å². The maximum atomic E-state index is 13.3. The summed E-state index contributed by atoms with van der Waals surface area (Å²) in [6.45, 7) is 10.2. The van der Waals surface area contributed by atoms with Crippen LogP contribution >= 0.6 is 0 Å². The molecule has 1 aliphatic rings. The van der Waals surface area contributed by atoms with E-state index in [9.17, 15) is 14.7 Å². The molecule has 0 bridgehead atoms. The van der Waals surface area contributed by atoms with Crippen LogP contribution in [-0.4, -0.2) is 40.8 Å². The molecule has 3 rings (SSSR count). The molecule has 0 aliphatic heterocycles. The minimum absolute atomic E-state index is 0.0560. The second kappa shape index (κ2) is 9.76. The van der Waals surface area contributed by atoms with Crippen molar-refractivity contribution in [1.29, 1.82) is 0 Å². The number of carboxylic acid groups (broad SMARTS) is 1. The van der Waals surface area contributed by atoms with E-state index in [1.807, 2.05) is 58.9 Å². The third-order valence-corrected chi connectivity index (χ3v) is 6.28. The van der Waals surface area contributed by atoms with E-state index in [-0.39, 0.29) is 30.9 Å². The zero-order chi connectivity index (χ0) is 23.5. The van der Waals surface area contributed by atoms with Crippen LogP contribution in [0.1, 0.15) is 64.5 Å². The van der Waals surface area contributed by atoms with Gasteiger partial charge in [0.2, 0.25) is 0 Å². The van der Waals surface area contributed by atoms with Crippen LogP contribution in [0.5, 0.6) is 0 Å². The molecule has 2 aromatic rings. The lowest BCUT2D eigenvalue weighted by molar-refractivity contribution is -0.153. The molecule has 1 N–H and O–H groups in total. The van der Waals surface area contributed by atoms with Crippen molar-refractivity contribution in [3.05, 3.63) is 59.7 Å². The second-order valence-corrected chi connectivity index (χ2v) is 9.58. The molecule has 0 fully saturated rings. The Hall–Kier alpha value is -2.82. The number of carbonyl (C=O) groups is 2. The molecule has 0 unspecified atom stereocenters. The summed E-state index contributed by atoms with van der Waals surface area (Å²) in [7, 11) is 0. The molecular formula is C27H35NO4. The molecule has 1 aliphatic carbocycles. The molecule has 0 heterocycles. The smallest absolute Gasteiger partial charge is 0.410 e. The van der Waals surface area contributed by atoms with Crippen molar-refractivity contribution in [2.24, 2.45) is 11.8 Å². The van der Waals surface area contributed by atoms with Gasteiger partial charge in [-0.3, -0.25) is 4.90 Å². The quantitative estimate of drug-likeness (QED) is 0.509. The number of nitrogens with zero attached hydrogens (tertiary/aromatic N) is 1. The Bertz CT molecular complexity index is 910. The highest BCUT2D eigenvalue weighted by atomic mass is 16.6. The van der Waals surface area contributed by atoms with Crippen molar-refractivity contribution in [3.8, 4) is 11.1 Å². The summed E-state index contributed by atoms with van der Waals surface area (Å²) in [5.41, 5.74) is 3.32. The highest BCUT2D eigenvalue weighted by Crippen LogP contribution is 2.44. The van der Waals surface area contributed by atoms with Crippen molar-refractivity contribution in [3.63, 3.8) is 0 Å². The molecule has 0 aromatic heterocycles. The van der Waals surface area contributed by atoms with Gasteiger partial charge in [0.25, 0.3) is 0 Å². The minimum Gasteiger partial charge on any atom is -0.479 e. The number of carboxylic acids is 1. The SMILES string of the molecule is CCN(C(=O)OCC1c2ccccc2-c2ccccc21)C(CC(C)C)(CC(C)C)C(=O)O. The van der Waals surface area contributed by atoms with Crippen molar-refractivity contribution >= 4 is 12.1 Å². The first-order valence-electron chi connectivity index (χ1n) is 11.6. The largest absolute Gasteiger partial charge is 0.479 e. The third-order valence-electron chi connectivity index (χ3n) is 6.28. The molecule has 0 spiro atoms. The first-order chi connectivity index (χ1) is 15.2. The molecule has 5 heteroatoms. The van der Waals surface area contributed by atoms with Crippen LogP contribution in [0.25, 0.3) is 11.1 Å². The maximum Gasteiger partial charge on any atom is 0.410 e. The van der Waals surface area contributed by atoms with Gasteiger partial charge in [0, 0.05) is 12.5 Å². The van der Waals surface area contributed by atoms with Gasteiger partial charge in [-0.1, -0.05) is 76.2 Å². The van der Waals surface area contributed by atoms with Gasteiger partial charge in [-0.25, -0.2) is 9.59 Å². The van der Waals surface area contributed by atoms with Crippen LogP contribution in [0.3, 0.4) is 0 Å². The Labute approximate surface area is 191 Å². The van der Waals surface area contributed by atoms with Gasteiger partial charge in [0.05, 0.1) is 0 Å². The Morgan fingerprint density at radius 2 is 1.41 bits per heavy atom. The number of amides is 1. The molecular weight excluding hydrogens is 402 g/mol. The molecule has 0 saturated heterocycles. The standard InChI is InChI=1S/C27H35NO4/c1-6-28(27(25(29)30,15-18(2)3)16-19(4)5)26(31)32-17-24-22-13-9-7-11-20(22)21-12-8-10-14-23(21)24/h7-14,18-19,24H,6,15-17H2,1-5H3,(H,29,30). The summed E-state index contributed by atoms with van der Waals surface area (Å²) in [6.07, 6.45) is 0.218. The number of likely N-dealkylation sites (N-methyl/N-ethyl adjacent to an activating group) is 1. The fourth-order valence-corrected chi connectivity index (χ4v) is 5.22. The fourth-order valence-electron chi connectivity index (χ4n) is 5.22. The van der Waals surface area contributed by atoms with Crippen LogP contribution < -0.4 is 0 Å². The van der Waals surface area contributed by atoms with E-state index in [0.717, 1.165) is 22.3 Å². The highest BCUT2D eigenvalue weighted by Gasteiger charge is 2.47. The summed E-state index contributed by atoms with van der Waals surface area (Å²) in [4.78, 5) is 27.3. The molecule has 0 saturated carbocycles. The monoisotopic (exact) mass is 437 g/mol. The average Bonchev–Trinajstić information content (AvgIpc) is 3.05. The van der Waals surface area contributed by atoms with Crippen molar-refractivity contribution in [1.82, 2.24) is 4.90 Å². The third kappa shape index (κ3) is 4.52. The van der Waals surface area contributed by atoms with Crippen LogP contribution in [0.4, 0.5) is 4.79 Å². The number of rotatable bonds is 9. The average molecular weight is 438 g/mol. The molecule has 32 heavy (non-hydrogen) atoms. The minimum atomic E-state index is -1.28. The van der Waals surface area contributed by atoms with E-state index in [4.69, 9.17) is 4.74 Å². The van der Waals surface area contributed by atoms with Gasteiger partial charge >= 0.3 is 12.1 Å². The number of ether oxygens (including phenoxy) is 1. The summed E-state index contributed by atoms with van der Waals surface area (Å²) < 4.78 is 5.84. The topological polar surface area (TPSA) is 66.8 Å². The summed E-state index contributed by atoms with van der Waals surface area (Å²) in [5.74, 6) is -0.768. The van der Waals surface area contributed by atoms with E-state index in [1.165, 1.54) is 4.90 Å². The normalized spacial score (nSPS) is 13.2. The van der Waals surface area contributed by atoms with E-state index >= 15 is 0 Å². The number of carbonyl (C=O) groups excluding carboxylic acids is 1. The number of hydrogen-bond acceptors (Lipinski definition) is 3. The Morgan fingerprint density at radius 3 is 1.81 bits per heavy atom. The fraction of sp³-hybridized carbons (Fsp3) is 0.481. The van der Waals surface area contributed by atoms with Crippen molar-refractivity contribution in [2.75, 3.05) is 13.2 Å². The molecule has 1 amide bonds. The molecule has 0 radical (unpaired) electrons. The van der Waals surface area contributed by atoms with Crippen LogP contribution in [-0.2, 0) is 9.53 Å². The molecule has 0 atom stereocenters. The summed E-state index contributed by atoms with van der Waals surface area (Å²) in [6, 6.07) is 16.4. The summed E-state index contributed by atoms with van der Waals surface area (Å²) >= 11 is 0. The van der Waals surface area contributed by atoms with Gasteiger partial charge in [-0.05, 0) is 53.9 Å². The first kappa shape index (κ1) is 23.8. The van der Waals surface area contributed by atoms with Gasteiger partial charge in [0.1, 0.15) is 12.1 Å². The predicted molar refractivity (Wildman–Crippen MR) is 127 cm³/mol. The van der Waals surface area contributed by atoms with E-state index in [0.29, 0.717) is 12.8 Å². The zero-order valence-electron chi connectivity index (χ0n) is 19.8. The number of hydrogen-bond donors (Lipinski definition) is 1. The first-order valence-corrected chi connectivity index (χ1v) is 11.6. The lowest BCUT2D eigenvalue weighted by atomic mass is 9.80. The second-order valence-electron chi connectivity index (χ2n) is 9.58. The van der Waals surface area contributed by atoms with Gasteiger partial charge in [-0.15, -0.1) is 0 Å². The van der Waals surface area contributed by atoms with E-state index in [2.05, 4.69) is 24.3 Å². The van der Waals surface area contributed by atoms with Gasteiger partial charge in [-0.2, -0.15) is 0 Å². The lowest BCUT2D eigenvalue weighted by Gasteiger charge is -2.41. The van der Waals surface area contributed by atoms with Gasteiger partial charge < -0.3 is 9.84 Å². The zero-order valence-corrected chi connectivity index (χ0v) is 19.8. The van der Waals surface area contributed by atoms with Crippen LogP contribution in [0.2, 0.25) is 0 Å². The highest BCUT2D eigenvalue weighted by molar-refractivity contribution is 5.85. The molecule has 172 valence electrons. The number of fused-ring (bicyclic) bond motifs is 3. The number of aliphatic carboxylic acids is 1. The van der Waals surface area contributed by atoms with Gasteiger partial charge in [0.15, 0.2) is 0 Å². The lowest BCUT2D eigenvalue weighted by Crippen LogP contribution is -2.58.